The van der Waals surface area contributed by atoms with Crippen molar-refractivity contribution in [2.24, 2.45) is 5.73 Å². The van der Waals surface area contributed by atoms with Gasteiger partial charge in [0.25, 0.3) is 5.91 Å². The second kappa shape index (κ2) is 6.93. The Morgan fingerprint density at radius 3 is 2.45 bits per heavy atom. The van der Waals surface area contributed by atoms with Crippen LogP contribution in [-0.4, -0.2) is 25.0 Å². The van der Waals surface area contributed by atoms with Gasteiger partial charge in [0.15, 0.2) is 0 Å². The highest BCUT2D eigenvalue weighted by Crippen LogP contribution is 2.31. The molecule has 2 amide bonds. The zero-order valence-corrected chi connectivity index (χ0v) is 12.8. The predicted molar refractivity (Wildman–Crippen MR) is 86.3 cm³/mol. The van der Waals surface area contributed by atoms with Crippen LogP contribution < -0.4 is 15.8 Å². The SMILES string of the molecule is CCCNC(=O)c1c(C(N)=O)cc(OCC)c2ccccc12. The number of carbonyl (C=O) groups is 2. The Morgan fingerprint density at radius 1 is 1.18 bits per heavy atom. The van der Waals surface area contributed by atoms with Gasteiger partial charge in [0.1, 0.15) is 5.75 Å². The average molecular weight is 300 g/mol. The van der Waals surface area contributed by atoms with Gasteiger partial charge < -0.3 is 15.8 Å². The summed E-state index contributed by atoms with van der Waals surface area (Å²) in [6, 6.07) is 8.89. The van der Waals surface area contributed by atoms with Crippen LogP contribution in [0.15, 0.2) is 30.3 Å². The number of nitrogens with two attached hydrogens (primary N) is 1. The molecule has 0 aromatic heterocycles. The molecular formula is C17H20N2O3. The van der Waals surface area contributed by atoms with E-state index in [2.05, 4.69) is 5.32 Å². The molecule has 0 saturated heterocycles. The van der Waals surface area contributed by atoms with E-state index < -0.39 is 5.91 Å². The normalized spacial score (nSPS) is 10.5. The van der Waals surface area contributed by atoms with E-state index >= 15 is 0 Å². The lowest BCUT2D eigenvalue weighted by Gasteiger charge is -2.15. The highest BCUT2D eigenvalue weighted by molar-refractivity contribution is 6.16. The number of fused-ring (bicyclic) bond motifs is 1. The maximum atomic E-state index is 12.5. The van der Waals surface area contributed by atoms with Gasteiger partial charge in [-0.05, 0) is 24.8 Å². The summed E-state index contributed by atoms with van der Waals surface area (Å²) >= 11 is 0. The van der Waals surface area contributed by atoms with Crippen molar-refractivity contribution in [3.63, 3.8) is 0 Å². The van der Waals surface area contributed by atoms with E-state index in [0.717, 1.165) is 11.8 Å². The van der Waals surface area contributed by atoms with E-state index in [0.29, 0.717) is 29.9 Å². The fourth-order valence-corrected chi connectivity index (χ4v) is 2.38. The van der Waals surface area contributed by atoms with Crippen molar-refractivity contribution in [1.82, 2.24) is 5.32 Å². The summed E-state index contributed by atoms with van der Waals surface area (Å²) in [5.41, 5.74) is 5.94. The van der Waals surface area contributed by atoms with Crippen molar-refractivity contribution in [1.29, 1.82) is 0 Å². The van der Waals surface area contributed by atoms with Gasteiger partial charge in [-0.25, -0.2) is 0 Å². The molecule has 2 rings (SSSR count). The summed E-state index contributed by atoms with van der Waals surface area (Å²) in [5.74, 6) is -0.387. The molecule has 0 unspecified atom stereocenters. The molecule has 22 heavy (non-hydrogen) atoms. The summed E-state index contributed by atoms with van der Waals surface area (Å²) in [5, 5.41) is 4.25. The first-order valence-electron chi connectivity index (χ1n) is 7.36. The number of benzene rings is 2. The van der Waals surface area contributed by atoms with E-state index in [1.807, 2.05) is 32.0 Å². The molecule has 2 aromatic rings. The third-order valence-corrected chi connectivity index (χ3v) is 3.33. The second-order valence-corrected chi connectivity index (χ2v) is 4.90. The number of nitrogens with one attached hydrogen (secondary N) is 1. The lowest BCUT2D eigenvalue weighted by Crippen LogP contribution is -2.27. The first-order chi connectivity index (χ1) is 10.6. The Bertz CT molecular complexity index is 710. The topological polar surface area (TPSA) is 81.4 Å². The van der Waals surface area contributed by atoms with Crippen molar-refractivity contribution in [3.05, 3.63) is 41.5 Å². The number of primary amides is 1. The van der Waals surface area contributed by atoms with E-state index in [-0.39, 0.29) is 11.5 Å². The maximum absolute atomic E-state index is 12.5. The van der Waals surface area contributed by atoms with Crippen LogP contribution in [0.3, 0.4) is 0 Å². The smallest absolute Gasteiger partial charge is 0.252 e. The lowest BCUT2D eigenvalue weighted by molar-refractivity contribution is 0.0937. The highest BCUT2D eigenvalue weighted by atomic mass is 16.5. The Kier molecular flexibility index (Phi) is 4.99. The standard InChI is InChI=1S/C17H20N2O3/c1-3-9-19-17(21)15-12-8-6-5-7-11(12)14(22-4-2)10-13(15)16(18)20/h5-8,10H,3-4,9H2,1-2H3,(H2,18,20)(H,19,21). The quantitative estimate of drug-likeness (QED) is 0.860. The molecule has 0 radical (unpaired) electrons. The van der Waals surface area contributed by atoms with Crippen LogP contribution in [0.2, 0.25) is 0 Å². The molecule has 0 aliphatic rings. The molecule has 116 valence electrons. The number of amides is 2. The molecule has 0 spiro atoms. The van der Waals surface area contributed by atoms with Crippen molar-refractivity contribution < 1.29 is 14.3 Å². The lowest BCUT2D eigenvalue weighted by atomic mass is 9.96. The molecule has 0 bridgehead atoms. The summed E-state index contributed by atoms with van der Waals surface area (Å²) in [6.07, 6.45) is 0.812. The number of hydrogen-bond acceptors (Lipinski definition) is 3. The summed E-state index contributed by atoms with van der Waals surface area (Å²) in [4.78, 5) is 24.2. The molecule has 0 aliphatic carbocycles. The minimum Gasteiger partial charge on any atom is -0.493 e. The first-order valence-corrected chi connectivity index (χ1v) is 7.36. The van der Waals surface area contributed by atoms with Crippen molar-refractivity contribution in [3.8, 4) is 5.75 Å². The van der Waals surface area contributed by atoms with Crippen LogP contribution in [0.5, 0.6) is 5.75 Å². The van der Waals surface area contributed by atoms with Gasteiger partial charge in [-0.1, -0.05) is 31.2 Å². The van der Waals surface area contributed by atoms with Crippen LogP contribution in [0.1, 0.15) is 41.0 Å². The van der Waals surface area contributed by atoms with Gasteiger partial charge in [0.2, 0.25) is 5.91 Å². The van der Waals surface area contributed by atoms with E-state index in [4.69, 9.17) is 10.5 Å². The maximum Gasteiger partial charge on any atom is 0.252 e. The van der Waals surface area contributed by atoms with Gasteiger partial charge in [0.05, 0.1) is 17.7 Å². The van der Waals surface area contributed by atoms with Crippen LogP contribution >= 0.6 is 0 Å². The average Bonchev–Trinajstić information content (AvgIpc) is 2.52. The fraction of sp³-hybridized carbons (Fsp3) is 0.294. The van der Waals surface area contributed by atoms with Gasteiger partial charge in [0, 0.05) is 11.9 Å². The molecule has 0 aliphatic heterocycles. The second-order valence-electron chi connectivity index (χ2n) is 4.90. The number of hydrogen-bond donors (Lipinski definition) is 2. The Morgan fingerprint density at radius 2 is 1.86 bits per heavy atom. The molecule has 0 fully saturated rings. The first kappa shape index (κ1) is 15.8. The zero-order chi connectivity index (χ0) is 16.1. The minimum absolute atomic E-state index is 0.177. The van der Waals surface area contributed by atoms with Crippen molar-refractivity contribution in [2.75, 3.05) is 13.2 Å². The molecule has 0 saturated carbocycles. The van der Waals surface area contributed by atoms with Crippen molar-refractivity contribution >= 4 is 22.6 Å². The van der Waals surface area contributed by atoms with Gasteiger partial charge in [-0.15, -0.1) is 0 Å². The number of ether oxygens (including phenoxy) is 1. The summed E-state index contributed by atoms with van der Waals surface area (Å²) < 4.78 is 5.59. The van der Waals surface area contributed by atoms with E-state index in [1.54, 1.807) is 12.1 Å². The summed E-state index contributed by atoms with van der Waals surface area (Å²) in [6.45, 7) is 4.83. The minimum atomic E-state index is -0.645. The third-order valence-electron chi connectivity index (χ3n) is 3.33. The van der Waals surface area contributed by atoms with Crippen LogP contribution in [-0.2, 0) is 0 Å². The van der Waals surface area contributed by atoms with Crippen molar-refractivity contribution in [2.45, 2.75) is 20.3 Å². The molecule has 3 N–H and O–H groups in total. The largest absolute Gasteiger partial charge is 0.493 e. The van der Waals surface area contributed by atoms with Crippen LogP contribution in [0.25, 0.3) is 10.8 Å². The highest BCUT2D eigenvalue weighted by Gasteiger charge is 2.21. The molecular weight excluding hydrogens is 280 g/mol. The fourth-order valence-electron chi connectivity index (χ4n) is 2.38. The molecule has 0 atom stereocenters. The Hall–Kier alpha value is -2.56. The van der Waals surface area contributed by atoms with Gasteiger partial charge in [-0.3, -0.25) is 9.59 Å². The van der Waals surface area contributed by atoms with Gasteiger partial charge in [-0.2, -0.15) is 0 Å². The molecule has 0 heterocycles. The van der Waals surface area contributed by atoms with Gasteiger partial charge >= 0.3 is 0 Å². The predicted octanol–water partition coefficient (Wildman–Crippen LogP) is 2.48. The number of carbonyl (C=O) groups excluding carboxylic acids is 2. The zero-order valence-electron chi connectivity index (χ0n) is 12.8. The number of rotatable bonds is 6. The molecule has 5 nitrogen and oxygen atoms in total. The monoisotopic (exact) mass is 300 g/mol. The van der Waals surface area contributed by atoms with E-state index in [1.165, 1.54) is 0 Å². The molecule has 2 aromatic carbocycles. The molecule has 5 heteroatoms. The Labute approximate surface area is 129 Å². The Balaban J connectivity index is 2.71. The van der Waals surface area contributed by atoms with Crippen LogP contribution in [0.4, 0.5) is 0 Å². The van der Waals surface area contributed by atoms with Crippen LogP contribution in [0, 0.1) is 0 Å². The third kappa shape index (κ3) is 3.03. The summed E-state index contributed by atoms with van der Waals surface area (Å²) in [7, 11) is 0. The van der Waals surface area contributed by atoms with E-state index in [9.17, 15) is 9.59 Å².